The van der Waals surface area contributed by atoms with Crippen LogP contribution in [0.4, 0.5) is 11.4 Å². The Morgan fingerprint density at radius 3 is 2.76 bits per heavy atom. The molecule has 1 fully saturated rings. The second-order valence-corrected chi connectivity index (χ2v) is 4.89. The van der Waals surface area contributed by atoms with Crippen molar-refractivity contribution >= 4 is 11.4 Å². The molecule has 92 valence electrons. The van der Waals surface area contributed by atoms with E-state index >= 15 is 0 Å². The maximum atomic E-state index is 11.0. The van der Waals surface area contributed by atoms with E-state index in [0.717, 1.165) is 19.6 Å². The van der Waals surface area contributed by atoms with E-state index in [1.807, 2.05) is 12.1 Å². The number of nitrogens with zero attached hydrogens (tertiary/aromatic N) is 2. The van der Waals surface area contributed by atoms with Crippen molar-refractivity contribution in [2.24, 2.45) is 0 Å². The van der Waals surface area contributed by atoms with Crippen LogP contribution < -0.4 is 10.2 Å². The highest BCUT2D eigenvalue weighted by Crippen LogP contribution is 2.33. The molecule has 17 heavy (non-hydrogen) atoms. The Balaban J connectivity index is 2.42. The van der Waals surface area contributed by atoms with Crippen LogP contribution in [0.1, 0.15) is 13.8 Å². The summed E-state index contributed by atoms with van der Waals surface area (Å²) in [5.74, 6) is 0. The third-order valence-electron chi connectivity index (χ3n) is 3.17. The van der Waals surface area contributed by atoms with Crippen LogP contribution >= 0.6 is 0 Å². The number of benzene rings is 1. The molecule has 0 radical (unpaired) electrons. The predicted molar refractivity (Wildman–Crippen MR) is 67.4 cm³/mol. The minimum absolute atomic E-state index is 0.107. The first-order valence-electron chi connectivity index (χ1n) is 5.74. The van der Waals surface area contributed by atoms with Crippen LogP contribution in [-0.2, 0) is 0 Å². The topological polar surface area (TPSA) is 58.4 Å². The number of nitro groups is 1. The lowest BCUT2D eigenvalue weighted by atomic mass is 9.98. The Morgan fingerprint density at radius 1 is 1.41 bits per heavy atom. The highest BCUT2D eigenvalue weighted by atomic mass is 16.6. The normalized spacial score (nSPS) is 19.1. The molecule has 0 saturated carbocycles. The fraction of sp³-hybridized carbons (Fsp3) is 0.500. The van der Waals surface area contributed by atoms with Crippen molar-refractivity contribution in [1.29, 1.82) is 0 Å². The standard InChI is InChI=1S/C12H17N3O2/c1-12(2)9-13-7-8-14(12)10-5-3-4-6-11(10)15(16)17/h3-6,13H,7-9H2,1-2H3. The van der Waals surface area contributed by atoms with Gasteiger partial charge in [0.1, 0.15) is 5.69 Å². The van der Waals surface area contributed by atoms with Gasteiger partial charge in [0.15, 0.2) is 0 Å². The molecule has 0 unspecified atom stereocenters. The van der Waals surface area contributed by atoms with Gasteiger partial charge in [0.2, 0.25) is 0 Å². The summed E-state index contributed by atoms with van der Waals surface area (Å²) in [4.78, 5) is 12.8. The number of hydrogen-bond donors (Lipinski definition) is 1. The maximum absolute atomic E-state index is 11.0. The largest absolute Gasteiger partial charge is 0.358 e. The second kappa shape index (κ2) is 4.33. The highest BCUT2D eigenvalue weighted by molar-refractivity contribution is 5.64. The third-order valence-corrected chi connectivity index (χ3v) is 3.17. The number of hydrogen-bond acceptors (Lipinski definition) is 4. The van der Waals surface area contributed by atoms with E-state index in [1.54, 1.807) is 12.1 Å². The average molecular weight is 235 g/mol. The quantitative estimate of drug-likeness (QED) is 0.627. The van der Waals surface area contributed by atoms with Crippen LogP contribution in [0, 0.1) is 10.1 Å². The molecule has 0 bridgehead atoms. The fourth-order valence-corrected chi connectivity index (χ4v) is 2.28. The van der Waals surface area contributed by atoms with Gasteiger partial charge in [0, 0.05) is 31.2 Å². The smallest absolute Gasteiger partial charge is 0.292 e. The van der Waals surface area contributed by atoms with Gasteiger partial charge in [-0.15, -0.1) is 0 Å². The number of para-hydroxylation sites is 2. The number of piperazine rings is 1. The Hall–Kier alpha value is -1.62. The van der Waals surface area contributed by atoms with Gasteiger partial charge in [-0.1, -0.05) is 12.1 Å². The molecular weight excluding hydrogens is 218 g/mol. The molecule has 0 aliphatic carbocycles. The van der Waals surface area contributed by atoms with Crippen molar-refractivity contribution in [2.45, 2.75) is 19.4 Å². The molecule has 5 heteroatoms. The first-order valence-corrected chi connectivity index (χ1v) is 5.74. The molecule has 0 aromatic heterocycles. The third kappa shape index (κ3) is 2.24. The lowest BCUT2D eigenvalue weighted by Crippen LogP contribution is -2.58. The second-order valence-electron chi connectivity index (χ2n) is 4.89. The minimum Gasteiger partial charge on any atom is -0.358 e. The molecule has 0 spiro atoms. The van der Waals surface area contributed by atoms with Gasteiger partial charge in [0.25, 0.3) is 5.69 Å². The molecule has 1 heterocycles. The summed E-state index contributed by atoms with van der Waals surface area (Å²) in [7, 11) is 0. The Labute approximate surface area is 101 Å². The van der Waals surface area contributed by atoms with E-state index in [9.17, 15) is 10.1 Å². The number of rotatable bonds is 2. The van der Waals surface area contributed by atoms with Crippen LogP contribution in [0.15, 0.2) is 24.3 Å². The number of anilines is 1. The van der Waals surface area contributed by atoms with Crippen LogP contribution in [0.3, 0.4) is 0 Å². The summed E-state index contributed by atoms with van der Waals surface area (Å²) >= 11 is 0. The van der Waals surface area contributed by atoms with Gasteiger partial charge < -0.3 is 10.2 Å². The van der Waals surface area contributed by atoms with Crippen LogP contribution in [-0.4, -0.2) is 30.1 Å². The van der Waals surface area contributed by atoms with E-state index in [-0.39, 0.29) is 16.1 Å². The summed E-state index contributed by atoms with van der Waals surface area (Å²) in [5.41, 5.74) is 0.788. The van der Waals surface area contributed by atoms with Gasteiger partial charge in [-0.05, 0) is 19.9 Å². The molecule has 1 saturated heterocycles. The van der Waals surface area contributed by atoms with Crippen LogP contribution in [0.25, 0.3) is 0 Å². The molecule has 5 nitrogen and oxygen atoms in total. The molecule has 1 aliphatic heterocycles. The summed E-state index contributed by atoms with van der Waals surface area (Å²) in [6, 6.07) is 6.94. The van der Waals surface area contributed by atoms with Crippen LogP contribution in [0.2, 0.25) is 0 Å². The Bertz CT molecular complexity index is 432. The molecule has 1 aromatic carbocycles. The van der Waals surface area contributed by atoms with Gasteiger partial charge in [-0.3, -0.25) is 10.1 Å². The van der Waals surface area contributed by atoms with E-state index in [1.165, 1.54) is 0 Å². The monoisotopic (exact) mass is 235 g/mol. The summed E-state index contributed by atoms with van der Waals surface area (Å²) in [5, 5.41) is 14.4. The number of nitrogens with one attached hydrogen (secondary N) is 1. The number of nitro benzene ring substituents is 1. The SMILES string of the molecule is CC1(C)CNCCN1c1ccccc1[N+](=O)[O-]. The van der Waals surface area contributed by atoms with Crippen LogP contribution in [0.5, 0.6) is 0 Å². The maximum Gasteiger partial charge on any atom is 0.292 e. The molecule has 2 rings (SSSR count). The van der Waals surface area contributed by atoms with Crippen molar-refractivity contribution in [3.63, 3.8) is 0 Å². The van der Waals surface area contributed by atoms with Gasteiger partial charge in [-0.2, -0.15) is 0 Å². The fourth-order valence-electron chi connectivity index (χ4n) is 2.28. The average Bonchev–Trinajstić information content (AvgIpc) is 2.28. The van der Waals surface area contributed by atoms with E-state index in [2.05, 4.69) is 24.1 Å². The highest BCUT2D eigenvalue weighted by Gasteiger charge is 2.33. The van der Waals surface area contributed by atoms with E-state index in [4.69, 9.17) is 0 Å². The van der Waals surface area contributed by atoms with Crippen molar-refractivity contribution in [1.82, 2.24) is 5.32 Å². The predicted octanol–water partition coefficient (Wildman–Crippen LogP) is 1.78. The van der Waals surface area contributed by atoms with E-state index < -0.39 is 0 Å². The molecule has 1 aliphatic rings. The first kappa shape index (κ1) is 11.9. The molecule has 0 atom stereocenters. The zero-order valence-electron chi connectivity index (χ0n) is 10.1. The summed E-state index contributed by atoms with van der Waals surface area (Å²) < 4.78 is 0. The molecule has 0 amide bonds. The van der Waals surface area contributed by atoms with Crippen molar-refractivity contribution in [2.75, 3.05) is 24.5 Å². The summed E-state index contributed by atoms with van der Waals surface area (Å²) in [6.45, 7) is 6.66. The lowest BCUT2D eigenvalue weighted by molar-refractivity contribution is -0.384. The van der Waals surface area contributed by atoms with Gasteiger partial charge in [0.05, 0.1) is 4.92 Å². The van der Waals surface area contributed by atoms with E-state index in [0.29, 0.717) is 5.69 Å². The minimum atomic E-state index is -0.312. The zero-order chi connectivity index (χ0) is 12.5. The zero-order valence-corrected chi connectivity index (χ0v) is 10.1. The summed E-state index contributed by atoms with van der Waals surface area (Å²) in [6.07, 6.45) is 0. The van der Waals surface area contributed by atoms with Gasteiger partial charge in [-0.25, -0.2) is 0 Å². The first-order chi connectivity index (χ1) is 8.02. The van der Waals surface area contributed by atoms with Crippen molar-refractivity contribution in [3.05, 3.63) is 34.4 Å². The lowest BCUT2D eigenvalue weighted by Gasteiger charge is -2.44. The Morgan fingerprint density at radius 2 is 2.12 bits per heavy atom. The van der Waals surface area contributed by atoms with Crippen molar-refractivity contribution in [3.8, 4) is 0 Å². The van der Waals surface area contributed by atoms with Crippen molar-refractivity contribution < 1.29 is 4.92 Å². The van der Waals surface area contributed by atoms with Gasteiger partial charge >= 0.3 is 0 Å². The Kier molecular flexibility index (Phi) is 3.02. The molecule has 1 aromatic rings. The molecular formula is C12H17N3O2. The molecule has 1 N–H and O–H groups in total.